The molecule has 8 heteroatoms. The van der Waals surface area contributed by atoms with Crippen LogP contribution in [0.5, 0.6) is 5.75 Å². The predicted molar refractivity (Wildman–Crippen MR) is 107 cm³/mol. The van der Waals surface area contributed by atoms with E-state index in [4.69, 9.17) is 4.74 Å². The van der Waals surface area contributed by atoms with E-state index in [2.05, 4.69) is 11.9 Å². The maximum absolute atomic E-state index is 12.6. The average Bonchev–Trinajstić information content (AvgIpc) is 2.66. The number of carbonyl (C=O) groups is 1. The zero-order valence-electron chi connectivity index (χ0n) is 15.3. The lowest BCUT2D eigenvalue weighted by Gasteiger charge is -2.26. The molecule has 144 valence electrons. The Morgan fingerprint density at radius 1 is 1.11 bits per heavy atom. The molecular formula is C19H23N3O4S. The van der Waals surface area contributed by atoms with Crippen LogP contribution >= 0.6 is 0 Å². The standard InChI is InChI=1S/C19H23N3O4S/c1-4-14-26-18-12-10-16(11-13-18)20-19(23)15-22(27(24,25)21(2)3)17-8-6-5-7-9-17/h4-13H,1,14-15H2,2-3H3,(H,20,23). The van der Waals surface area contributed by atoms with Gasteiger partial charge in [-0.1, -0.05) is 30.9 Å². The number of nitrogens with one attached hydrogen (secondary N) is 1. The van der Waals surface area contributed by atoms with Gasteiger partial charge in [-0.05, 0) is 36.4 Å². The quantitative estimate of drug-likeness (QED) is 0.669. The molecule has 0 unspecified atom stereocenters. The molecule has 7 nitrogen and oxygen atoms in total. The van der Waals surface area contributed by atoms with Crippen LogP contribution in [0.4, 0.5) is 11.4 Å². The summed E-state index contributed by atoms with van der Waals surface area (Å²) in [5, 5.41) is 2.70. The third-order valence-corrected chi connectivity index (χ3v) is 5.40. The largest absolute Gasteiger partial charge is 0.490 e. The lowest BCUT2D eigenvalue weighted by atomic mass is 10.3. The number of hydrogen-bond acceptors (Lipinski definition) is 4. The number of carbonyl (C=O) groups excluding carboxylic acids is 1. The third kappa shape index (κ3) is 5.57. The van der Waals surface area contributed by atoms with Gasteiger partial charge in [0.25, 0.3) is 0 Å². The first kappa shape index (κ1) is 20.5. The molecule has 0 radical (unpaired) electrons. The first-order valence-electron chi connectivity index (χ1n) is 8.23. The minimum Gasteiger partial charge on any atom is -0.490 e. The minimum absolute atomic E-state index is 0.348. The first-order chi connectivity index (χ1) is 12.8. The molecule has 2 aromatic rings. The van der Waals surface area contributed by atoms with Crippen LogP contribution in [0, 0.1) is 0 Å². The SMILES string of the molecule is C=CCOc1ccc(NC(=O)CN(c2ccccc2)S(=O)(=O)N(C)C)cc1. The number of amides is 1. The summed E-state index contributed by atoms with van der Waals surface area (Å²) in [4.78, 5) is 12.4. The molecule has 0 aliphatic heterocycles. The monoisotopic (exact) mass is 389 g/mol. The highest BCUT2D eigenvalue weighted by Gasteiger charge is 2.27. The van der Waals surface area contributed by atoms with Crippen molar-refractivity contribution in [3.63, 3.8) is 0 Å². The first-order valence-corrected chi connectivity index (χ1v) is 9.63. The number of hydrogen-bond donors (Lipinski definition) is 1. The minimum atomic E-state index is -3.82. The van der Waals surface area contributed by atoms with Crippen LogP contribution in [0.25, 0.3) is 0 Å². The maximum Gasteiger partial charge on any atom is 0.304 e. The second kappa shape index (κ2) is 9.20. The second-order valence-corrected chi connectivity index (χ2v) is 7.87. The van der Waals surface area contributed by atoms with Crippen molar-refractivity contribution in [3.05, 3.63) is 67.3 Å². The van der Waals surface area contributed by atoms with E-state index in [-0.39, 0.29) is 6.54 Å². The third-order valence-electron chi connectivity index (χ3n) is 3.58. The highest BCUT2D eigenvalue weighted by atomic mass is 32.2. The molecule has 1 N–H and O–H groups in total. The molecule has 27 heavy (non-hydrogen) atoms. The van der Waals surface area contributed by atoms with Gasteiger partial charge >= 0.3 is 10.2 Å². The Morgan fingerprint density at radius 2 is 1.74 bits per heavy atom. The van der Waals surface area contributed by atoms with Crippen molar-refractivity contribution >= 4 is 27.5 Å². The molecule has 0 heterocycles. The summed E-state index contributed by atoms with van der Waals surface area (Å²) in [6.45, 7) is 3.62. The molecule has 0 bridgehead atoms. The van der Waals surface area contributed by atoms with Crippen molar-refractivity contribution in [2.24, 2.45) is 0 Å². The van der Waals surface area contributed by atoms with Crippen LogP contribution in [0.15, 0.2) is 67.3 Å². The maximum atomic E-state index is 12.6. The lowest BCUT2D eigenvalue weighted by Crippen LogP contribution is -2.44. The Kier molecular flexibility index (Phi) is 6.98. The molecule has 0 atom stereocenters. The highest BCUT2D eigenvalue weighted by molar-refractivity contribution is 7.90. The van der Waals surface area contributed by atoms with Gasteiger partial charge in [0.1, 0.15) is 18.9 Å². The molecule has 0 aliphatic carbocycles. The molecule has 0 saturated heterocycles. The molecule has 0 saturated carbocycles. The van der Waals surface area contributed by atoms with Gasteiger partial charge in [0.05, 0.1) is 5.69 Å². The number of rotatable bonds is 9. The molecule has 0 aliphatic rings. The van der Waals surface area contributed by atoms with Crippen LogP contribution in [-0.4, -0.2) is 45.9 Å². The number of nitrogens with zero attached hydrogens (tertiary/aromatic N) is 2. The van der Waals surface area contributed by atoms with Gasteiger partial charge in [0.2, 0.25) is 5.91 Å². The number of anilines is 2. The number of para-hydroxylation sites is 1. The van der Waals surface area contributed by atoms with E-state index in [1.807, 2.05) is 0 Å². The van der Waals surface area contributed by atoms with E-state index in [1.54, 1.807) is 60.7 Å². The van der Waals surface area contributed by atoms with Gasteiger partial charge in [-0.15, -0.1) is 0 Å². The van der Waals surface area contributed by atoms with E-state index in [1.165, 1.54) is 14.1 Å². The van der Waals surface area contributed by atoms with Gasteiger partial charge in [0.15, 0.2) is 0 Å². The second-order valence-electron chi connectivity index (χ2n) is 5.80. The molecule has 0 spiro atoms. The van der Waals surface area contributed by atoms with Crippen molar-refractivity contribution in [1.82, 2.24) is 4.31 Å². The number of benzene rings is 2. The lowest BCUT2D eigenvalue weighted by molar-refractivity contribution is -0.114. The van der Waals surface area contributed by atoms with Gasteiger partial charge in [-0.25, -0.2) is 4.31 Å². The van der Waals surface area contributed by atoms with Gasteiger partial charge in [0, 0.05) is 19.8 Å². The fraction of sp³-hybridized carbons (Fsp3) is 0.211. The van der Waals surface area contributed by atoms with Gasteiger partial charge < -0.3 is 10.1 Å². The van der Waals surface area contributed by atoms with Crippen molar-refractivity contribution < 1.29 is 17.9 Å². The Labute approximate surface area is 160 Å². The normalized spacial score (nSPS) is 11.1. The Balaban J connectivity index is 2.13. The molecule has 0 fully saturated rings. The fourth-order valence-corrected chi connectivity index (χ4v) is 3.28. The topological polar surface area (TPSA) is 79.0 Å². The van der Waals surface area contributed by atoms with Crippen molar-refractivity contribution in [2.45, 2.75) is 0 Å². The van der Waals surface area contributed by atoms with E-state index in [0.717, 1.165) is 8.61 Å². The van der Waals surface area contributed by atoms with Crippen LogP contribution in [-0.2, 0) is 15.0 Å². The van der Waals surface area contributed by atoms with Crippen molar-refractivity contribution in [1.29, 1.82) is 0 Å². The average molecular weight is 389 g/mol. The molecule has 1 amide bonds. The Bertz CT molecular complexity index is 866. The van der Waals surface area contributed by atoms with E-state index >= 15 is 0 Å². The van der Waals surface area contributed by atoms with Crippen molar-refractivity contribution in [2.75, 3.05) is 36.9 Å². The zero-order valence-corrected chi connectivity index (χ0v) is 16.1. The summed E-state index contributed by atoms with van der Waals surface area (Å²) in [5.41, 5.74) is 0.954. The Morgan fingerprint density at radius 3 is 2.30 bits per heavy atom. The molecule has 2 rings (SSSR count). The fourth-order valence-electron chi connectivity index (χ4n) is 2.22. The molecule has 0 aromatic heterocycles. The Hall–Kier alpha value is -2.84. The van der Waals surface area contributed by atoms with E-state index < -0.39 is 16.1 Å². The van der Waals surface area contributed by atoms with Crippen LogP contribution in [0.3, 0.4) is 0 Å². The van der Waals surface area contributed by atoms with Gasteiger partial charge in [-0.3, -0.25) is 4.79 Å². The summed E-state index contributed by atoms with van der Waals surface area (Å²) in [6.07, 6.45) is 1.64. The highest BCUT2D eigenvalue weighted by Crippen LogP contribution is 2.20. The summed E-state index contributed by atoms with van der Waals surface area (Å²) >= 11 is 0. The molecule has 2 aromatic carbocycles. The van der Waals surface area contributed by atoms with E-state index in [0.29, 0.717) is 23.7 Å². The zero-order chi connectivity index (χ0) is 19.9. The smallest absolute Gasteiger partial charge is 0.304 e. The van der Waals surface area contributed by atoms with Crippen LogP contribution < -0.4 is 14.4 Å². The van der Waals surface area contributed by atoms with E-state index in [9.17, 15) is 13.2 Å². The predicted octanol–water partition coefficient (Wildman–Crippen LogP) is 2.50. The number of ether oxygens (including phenoxy) is 1. The summed E-state index contributed by atoms with van der Waals surface area (Å²) in [5.74, 6) is 0.193. The summed E-state index contributed by atoms with van der Waals surface area (Å²) < 4.78 is 32.7. The van der Waals surface area contributed by atoms with Crippen LogP contribution in [0.1, 0.15) is 0 Å². The van der Waals surface area contributed by atoms with Crippen molar-refractivity contribution in [3.8, 4) is 5.75 Å². The molecular weight excluding hydrogens is 366 g/mol. The van der Waals surface area contributed by atoms with Crippen LogP contribution in [0.2, 0.25) is 0 Å². The summed E-state index contributed by atoms with van der Waals surface area (Å²) in [7, 11) is -0.976. The van der Waals surface area contributed by atoms with Gasteiger partial charge in [-0.2, -0.15) is 12.7 Å². The summed E-state index contributed by atoms with van der Waals surface area (Å²) in [6, 6.07) is 15.3.